The minimum Gasteiger partial charge on any atom is -0.384 e. The highest BCUT2D eigenvalue weighted by Crippen LogP contribution is 2.27. The Kier molecular flexibility index (Phi) is 5.04. The maximum atomic E-state index is 12.7. The number of hydrogen-bond donors (Lipinski definition) is 1. The van der Waals surface area contributed by atoms with Gasteiger partial charge in [0.25, 0.3) is 0 Å². The molecule has 114 valence electrons. The highest BCUT2D eigenvalue weighted by Gasteiger charge is 2.33. The smallest absolute Gasteiger partial charge is 0.243 e. The summed E-state index contributed by atoms with van der Waals surface area (Å²) in [6.45, 7) is 4.42. The molecule has 0 aromatic heterocycles. The molecule has 1 N–H and O–H groups in total. The van der Waals surface area contributed by atoms with Crippen LogP contribution in [-0.4, -0.2) is 37.0 Å². The molecule has 0 bridgehead atoms. The van der Waals surface area contributed by atoms with Crippen molar-refractivity contribution in [3.8, 4) is 11.8 Å². The van der Waals surface area contributed by atoms with Crippen LogP contribution in [0.25, 0.3) is 0 Å². The van der Waals surface area contributed by atoms with E-state index in [1.165, 1.54) is 0 Å². The number of rotatable bonds is 2. The van der Waals surface area contributed by atoms with Gasteiger partial charge in [0, 0.05) is 18.2 Å². The molecule has 4 nitrogen and oxygen atoms in total. The van der Waals surface area contributed by atoms with Crippen LogP contribution in [0.2, 0.25) is 0 Å². The average molecular weight is 307 g/mol. The Labute approximate surface area is 126 Å². The molecule has 1 aromatic rings. The van der Waals surface area contributed by atoms with Crippen LogP contribution in [-0.2, 0) is 10.0 Å². The molecule has 1 aliphatic rings. The molecule has 1 heterocycles. The van der Waals surface area contributed by atoms with Crippen LogP contribution in [0.3, 0.4) is 0 Å². The van der Waals surface area contributed by atoms with Gasteiger partial charge in [0.15, 0.2) is 0 Å². The zero-order valence-electron chi connectivity index (χ0n) is 12.4. The van der Waals surface area contributed by atoms with Crippen molar-refractivity contribution >= 4 is 10.0 Å². The molecule has 0 saturated carbocycles. The first-order chi connectivity index (χ1) is 9.95. The normalized spacial score (nSPS) is 23.4. The Hall–Kier alpha value is -1.35. The summed E-state index contributed by atoms with van der Waals surface area (Å²) in [5.74, 6) is 5.70. The Balaban J connectivity index is 2.26. The van der Waals surface area contributed by atoms with Crippen LogP contribution in [0.15, 0.2) is 29.2 Å². The van der Waals surface area contributed by atoms with E-state index in [9.17, 15) is 8.42 Å². The third-order valence-electron chi connectivity index (χ3n) is 3.83. The number of hydrogen-bond acceptors (Lipinski definition) is 3. The number of benzene rings is 1. The molecule has 1 saturated heterocycles. The highest BCUT2D eigenvalue weighted by atomic mass is 32.2. The van der Waals surface area contributed by atoms with Gasteiger partial charge >= 0.3 is 0 Å². The van der Waals surface area contributed by atoms with E-state index < -0.39 is 10.0 Å². The number of aliphatic hydroxyl groups is 1. The van der Waals surface area contributed by atoms with E-state index in [2.05, 4.69) is 18.8 Å². The van der Waals surface area contributed by atoms with Crippen molar-refractivity contribution in [2.75, 3.05) is 13.2 Å². The van der Waals surface area contributed by atoms with Gasteiger partial charge in [-0.1, -0.05) is 18.8 Å². The number of sulfonamides is 1. The lowest BCUT2D eigenvalue weighted by atomic mass is 9.97. The van der Waals surface area contributed by atoms with Gasteiger partial charge in [-0.25, -0.2) is 8.42 Å². The lowest BCUT2D eigenvalue weighted by Crippen LogP contribution is -2.44. The van der Waals surface area contributed by atoms with E-state index in [-0.39, 0.29) is 12.6 Å². The second-order valence-electron chi connectivity index (χ2n) is 5.59. The van der Waals surface area contributed by atoms with Crippen molar-refractivity contribution in [3.63, 3.8) is 0 Å². The predicted octanol–water partition coefficient (Wildman–Crippen LogP) is 1.84. The molecule has 0 radical (unpaired) electrons. The van der Waals surface area contributed by atoms with Crippen LogP contribution >= 0.6 is 0 Å². The minimum atomic E-state index is -3.45. The number of aliphatic hydroxyl groups excluding tert-OH is 1. The van der Waals surface area contributed by atoms with Crippen molar-refractivity contribution in [2.45, 2.75) is 37.6 Å². The molecule has 1 aliphatic heterocycles. The Morgan fingerprint density at radius 3 is 2.52 bits per heavy atom. The second-order valence-corrected chi connectivity index (χ2v) is 7.48. The summed E-state index contributed by atoms with van der Waals surface area (Å²) in [6.07, 6.45) is 1.98. The van der Waals surface area contributed by atoms with E-state index in [0.29, 0.717) is 22.9 Å². The maximum Gasteiger partial charge on any atom is 0.243 e. The van der Waals surface area contributed by atoms with Gasteiger partial charge in [-0.2, -0.15) is 4.31 Å². The van der Waals surface area contributed by atoms with Gasteiger partial charge < -0.3 is 5.11 Å². The SMILES string of the molecule is CC1CCC(C)N(S(=O)(=O)c2ccc(C#CCO)cc2)C1. The third kappa shape index (κ3) is 3.65. The van der Waals surface area contributed by atoms with Crippen LogP contribution in [0.4, 0.5) is 0 Å². The van der Waals surface area contributed by atoms with Crippen molar-refractivity contribution < 1.29 is 13.5 Å². The first kappa shape index (κ1) is 16.0. The molecule has 2 rings (SSSR count). The first-order valence-electron chi connectivity index (χ1n) is 7.17. The van der Waals surface area contributed by atoms with Gasteiger partial charge in [0.1, 0.15) is 6.61 Å². The van der Waals surface area contributed by atoms with E-state index >= 15 is 0 Å². The van der Waals surface area contributed by atoms with Crippen LogP contribution in [0.1, 0.15) is 32.3 Å². The van der Waals surface area contributed by atoms with E-state index in [0.717, 1.165) is 12.8 Å². The molecular weight excluding hydrogens is 286 g/mol. The summed E-state index contributed by atoms with van der Waals surface area (Å²) in [5, 5.41) is 8.66. The van der Waals surface area contributed by atoms with Gasteiger partial charge in [0.2, 0.25) is 10.0 Å². The number of nitrogens with zero attached hydrogens (tertiary/aromatic N) is 1. The largest absolute Gasteiger partial charge is 0.384 e. The first-order valence-corrected chi connectivity index (χ1v) is 8.61. The van der Waals surface area contributed by atoms with Gasteiger partial charge in [-0.3, -0.25) is 0 Å². The van der Waals surface area contributed by atoms with Crippen LogP contribution < -0.4 is 0 Å². The van der Waals surface area contributed by atoms with Crippen molar-refractivity contribution in [2.24, 2.45) is 5.92 Å². The van der Waals surface area contributed by atoms with Crippen molar-refractivity contribution in [3.05, 3.63) is 29.8 Å². The van der Waals surface area contributed by atoms with E-state index in [4.69, 9.17) is 5.11 Å². The molecular formula is C16H21NO3S. The molecule has 2 unspecified atom stereocenters. The van der Waals surface area contributed by atoms with Crippen LogP contribution in [0, 0.1) is 17.8 Å². The Morgan fingerprint density at radius 1 is 1.24 bits per heavy atom. The molecule has 0 amide bonds. The Morgan fingerprint density at radius 2 is 1.90 bits per heavy atom. The summed E-state index contributed by atoms with van der Waals surface area (Å²) in [4.78, 5) is 0.304. The zero-order valence-corrected chi connectivity index (χ0v) is 13.2. The van der Waals surface area contributed by atoms with E-state index in [1.807, 2.05) is 6.92 Å². The highest BCUT2D eigenvalue weighted by molar-refractivity contribution is 7.89. The topological polar surface area (TPSA) is 57.6 Å². The summed E-state index contributed by atoms with van der Waals surface area (Å²) in [5.41, 5.74) is 0.697. The van der Waals surface area contributed by atoms with Crippen molar-refractivity contribution in [1.82, 2.24) is 4.31 Å². The van der Waals surface area contributed by atoms with Crippen LogP contribution in [0.5, 0.6) is 0 Å². The molecule has 1 fully saturated rings. The van der Waals surface area contributed by atoms with Gasteiger partial charge in [-0.05, 0) is 49.9 Å². The molecule has 5 heteroatoms. The minimum absolute atomic E-state index is 0.0417. The summed E-state index contributed by atoms with van der Waals surface area (Å²) in [6, 6.07) is 6.56. The lowest BCUT2D eigenvalue weighted by Gasteiger charge is -2.35. The Bertz CT molecular complexity index is 640. The van der Waals surface area contributed by atoms with Gasteiger partial charge in [-0.15, -0.1) is 0 Å². The molecule has 0 spiro atoms. The molecule has 21 heavy (non-hydrogen) atoms. The zero-order chi connectivity index (χ0) is 15.5. The van der Waals surface area contributed by atoms with Gasteiger partial charge in [0.05, 0.1) is 4.90 Å². The summed E-state index contributed by atoms with van der Waals surface area (Å²) < 4.78 is 27.0. The molecule has 1 aromatic carbocycles. The van der Waals surface area contributed by atoms with Crippen molar-refractivity contribution in [1.29, 1.82) is 0 Å². The molecule has 2 atom stereocenters. The monoisotopic (exact) mass is 307 g/mol. The quantitative estimate of drug-likeness (QED) is 0.848. The summed E-state index contributed by atoms with van der Waals surface area (Å²) in [7, 11) is -3.45. The standard InChI is InChI=1S/C16H21NO3S/c1-13-5-6-14(2)17(12-13)21(19,20)16-9-7-15(8-10-16)4-3-11-18/h7-10,13-14,18H,5-6,11-12H2,1-2H3. The number of piperidine rings is 1. The van der Waals surface area contributed by atoms with E-state index in [1.54, 1.807) is 28.6 Å². The lowest BCUT2D eigenvalue weighted by molar-refractivity contribution is 0.218. The maximum absolute atomic E-state index is 12.7. The fourth-order valence-electron chi connectivity index (χ4n) is 2.57. The fraction of sp³-hybridized carbons (Fsp3) is 0.500. The summed E-state index contributed by atoms with van der Waals surface area (Å²) >= 11 is 0. The second kappa shape index (κ2) is 6.61. The fourth-order valence-corrected chi connectivity index (χ4v) is 4.35. The average Bonchev–Trinajstić information content (AvgIpc) is 2.48. The third-order valence-corrected chi connectivity index (χ3v) is 5.83. The molecule has 0 aliphatic carbocycles. The predicted molar refractivity (Wildman–Crippen MR) is 82.2 cm³/mol.